The van der Waals surface area contributed by atoms with E-state index in [1.807, 2.05) is 35.1 Å². The van der Waals surface area contributed by atoms with Crippen LogP contribution in [-0.4, -0.2) is 40.1 Å². The van der Waals surface area contributed by atoms with Crippen molar-refractivity contribution in [2.45, 2.75) is 30.7 Å². The van der Waals surface area contributed by atoms with Crippen molar-refractivity contribution >= 4 is 27.6 Å². The Kier molecular flexibility index (Phi) is 9.08. The van der Waals surface area contributed by atoms with E-state index in [2.05, 4.69) is 11.9 Å². The molecule has 0 aliphatic rings. The molecule has 0 fully saturated rings. The summed E-state index contributed by atoms with van der Waals surface area (Å²) in [5.41, 5.74) is 1.88. The van der Waals surface area contributed by atoms with E-state index in [1.54, 1.807) is 69.4 Å². The molecule has 0 aromatic heterocycles. The summed E-state index contributed by atoms with van der Waals surface area (Å²) in [6, 6.07) is 20.4. The van der Waals surface area contributed by atoms with Gasteiger partial charge in [-0.05, 0) is 48.4 Å². The van der Waals surface area contributed by atoms with Crippen LogP contribution < -0.4 is 19.7 Å². The van der Waals surface area contributed by atoms with Gasteiger partial charge in [-0.1, -0.05) is 68.1 Å². The number of urea groups is 1. The molecule has 0 heterocycles. The maximum atomic E-state index is 13.6. The lowest BCUT2D eigenvalue weighted by Gasteiger charge is -2.29. The number of nitrogens with zero attached hydrogens (tertiary/aromatic N) is 1. The van der Waals surface area contributed by atoms with Crippen molar-refractivity contribution in [3.05, 3.63) is 103 Å². The molecule has 3 aromatic rings. The van der Waals surface area contributed by atoms with Crippen molar-refractivity contribution in [3.63, 3.8) is 0 Å². The predicted octanol–water partition coefficient (Wildman–Crippen LogP) is 4.38. The Morgan fingerprint density at radius 2 is 1.62 bits per heavy atom. The first-order valence-electron chi connectivity index (χ1n) is 11.7. The van der Waals surface area contributed by atoms with Crippen molar-refractivity contribution in [1.82, 2.24) is 10.0 Å². The quantitative estimate of drug-likeness (QED) is 0.385. The van der Waals surface area contributed by atoms with Crippen LogP contribution in [0.2, 0.25) is 0 Å². The first kappa shape index (κ1) is 27.5. The number of hydrogen-bond donors (Lipinski definition) is 2. The molecule has 0 saturated carbocycles. The van der Waals surface area contributed by atoms with Crippen molar-refractivity contribution < 1.29 is 22.7 Å². The Hall–Kier alpha value is -4.11. The van der Waals surface area contributed by atoms with Gasteiger partial charge in [0.2, 0.25) is 5.91 Å². The number of carbonyl (C=O) groups is 2. The summed E-state index contributed by atoms with van der Waals surface area (Å²) >= 11 is 0. The standard InChI is InChI=1S/C28H31N3O5S/c1-5-19-36-24-17-15-23(16-18-24)31(4)27(32)26(21(3)22-12-7-6-8-13-22)29-28(33)30-37(34,35)25-14-10-9-11-20(25)2/h5-18,21,26H,1,19H2,2-4H3,(H2,29,30,33)/t21-,26+/m1/s1. The van der Waals surface area contributed by atoms with Crippen LogP contribution in [0.4, 0.5) is 10.5 Å². The van der Waals surface area contributed by atoms with Gasteiger partial charge in [0, 0.05) is 18.7 Å². The number of anilines is 1. The second-order valence-corrected chi connectivity index (χ2v) is 10.2. The molecule has 0 spiro atoms. The number of likely N-dealkylation sites (N-methyl/N-ethyl adjacent to an activating group) is 1. The lowest BCUT2D eigenvalue weighted by molar-refractivity contribution is -0.120. The molecule has 8 nitrogen and oxygen atoms in total. The minimum atomic E-state index is -4.14. The van der Waals surface area contributed by atoms with Crippen LogP contribution in [0.5, 0.6) is 5.75 Å². The van der Waals surface area contributed by atoms with E-state index in [0.29, 0.717) is 23.6 Å². The summed E-state index contributed by atoms with van der Waals surface area (Å²) in [7, 11) is -2.55. The van der Waals surface area contributed by atoms with Crippen LogP contribution in [0.25, 0.3) is 0 Å². The van der Waals surface area contributed by atoms with Gasteiger partial charge in [-0.15, -0.1) is 0 Å². The van der Waals surface area contributed by atoms with Gasteiger partial charge in [-0.2, -0.15) is 0 Å². The zero-order valence-corrected chi connectivity index (χ0v) is 21.9. The molecule has 0 unspecified atom stereocenters. The van der Waals surface area contributed by atoms with Gasteiger partial charge >= 0.3 is 6.03 Å². The van der Waals surface area contributed by atoms with Crippen molar-refractivity contribution in [3.8, 4) is 5.75 Å². The van der Waals surface area contributed by atoms with Crippen LogP contribution in [0.1, 0.15) is 24.0 Å². The third-order valence-corrected chi connectivity index (χ3v) is 7.40. The van der Waals surface area contributed by atoms with Crippen LogP contribution in [0.15, 0.2) is 96.4 Å². The number of amides is 3. The molecule has 0 aliphatic heterocycles. The summed E-state index contributed by atoms with van der Waals surface area (Å²) in [4.78, 5) is 27.9. The highest BCUT2D eigenvalue weighted by atomic mass is 32.2. The van der Waals surface area contributed by atoms with Crippen LogP contribution in [0.3, 0.4) is 0 Å². The maximum Gasteiger partial charge on any atom is 0.329 e. The van der Waals surface area contributed by atoms with E-state index in [9.17, 15) is 18.0 Å². The Morgan fingerprint density at radius 3 is 2.24 bits per heavy atom. The van der Waals surface area contributed by atoms with Gasteiger partial charge in [-0.25, -0.2) is 17.9 Å². The summed E-state index contributed by atoms with van der Waals surface area (Å²) in [5, 5.41) is 2.59. The molecule has 0 saturated heterocycles. The van der Waals surface area contributed by atoms with E-state index >= 15 is 0 Å². The summed E-state index contributed by atoms with van der Waals surface area (Å²) in [6.07, 6.45) is 1.63. The van der Waals surface area contributed by atoms with Crippen molar-refractivity contribution in [2.75, 3.05) is 18.6 Å². The van der Waals surface area contributed by atoms with E-state index in [1.165, 1.54) is 11.0 Å². The molecule has 2 N–H and O–H groups in total. The highest BCUT2D eigenvalue weighted by molar-refractivity contribution is 7.90. The van der Waals surface area contributed by atoms with E-state index in [4.69, 9.17) is 4.74 Å². The van der Waals surface area contributed by atoms with Crippen molar-refractivity contribution in [2.24, 2.45) is 0 Å². The third kappa shape index (κ3) is 6.98. The van der Waals surface area contributed by atoms with E-state index < -0.39 is 33.9 Å². The Bertz CT molecular complexity index is 1340. The molecule has 3 amide bonds. The average molecular weight is 522 g/mol. The molecule has 3 rings (SSSR count). The second kappa shape index (κ2) is 12.2. The van der Waals surface area contributed by atoms with Gasteiger partial charge in [0.15, 0.2) is 0 Å². The smallest absolute Gasteiger partial charge is 0.329 e. The highest BCUT2D eigenvalue weighted by Gasteiger charge is 2.32. The number of rotatable bonds is 10. The fourth-order valence-electron chi connectivity index (χ4n) is 3.81. The van der Waals surface area contributed by atoms with Crippen LogP contribution in [-0.2, 0) is 14.8 Å². The molecular weight excluding hydrogens is 490 g/mol. The van der Waals surface area contributed by atoms with Crippen LogP contribution in [0, 0.1) is 6.92 Å². The summed E-state index contributed by atoms with van der Waals surface area (Å²) in [6.45, 7) is 7.41. The minimum Gasteiger partial charge on any atom is -0.490 e. The van der Waals surface area contributed by atoms with Crippen molar-refractivity contribution in [1.29, 1.82) is 0 Å². The second-order valence-electron chi connectivity index (χ2n) is 8.51. The van der Waals surface area contributed by atoms with Gasteiger partial charge in [0.05, 0.1) is 4.90 Å². The summed E-state index contributed by atoms with van der Waals surface area (Å²) < 4.78 is 33.2. The molecule has 0 bridgehead atoms. The third-order valence-electron chi connectivity index (χ3n) is 5.91. The normalized spacial score (nSPS) is 12.6. The SMILES string of the molecule is C=CCOc1ccc(N(C)C(=O)[C@@H](NC(=O)NS(=O)(=O)c2ccccc2C)[C@H](C)c2ccccc2)cc1. The summed E-state index contributed by atoms with van der Waals surface area (Å²) in [5.74, 6) is -0.254. The highest BCUT2D eigenvalue weighted by Crippen LogP contribution is 2.24. The minimum absolute atomic E-state index is 0.0139. The number of ether oxygens (including phenoxy) is 1. The Balaban J connectivity index is 1.85. The molecule has 2 atom stereocenters. The fourth-order valence-corrected chi connectivity index (χ4v) is 4.97. The molecule has 3 aromatic carbocycles. The van der Waals surface area contributed by atoms with Gasteiger partial charge in [0.1, 0.15) is 18.4 Å². The monoisotopic (exact) mass is 521 g/mol. The number of nitrogens with one attached hydrogen (secondary N) is 2. The van der Waals surface area contributed by atoms with Gasteiger partial charge in [-0.3, -0.25) is 4.79 Å². The maximum absolute atomic E-state index is 13.6. The Morgan fingerprint density at radius 1 is 1.00 bits per heavy atom. The zero-order valence-electron chi connectivity index (χ0n) is 21.0. The lowest BCUT2D eigenvalue weighted by Crippen LogP contribution is -2.53. The molecule has 9 heteroatoms. The van der Waals surface area contributed by atoms with E-state index in [0.717, 1.165) is 5.56 Å². The molecule has 37 heavy (non-hydrogen) atoms. The number of benzene rings is 3. The van der Waals surface area contributed by atoms with E-state index in [-0.39, 0.29) is 4.90 Å². The fraction of sp³-hybridized carbons (Fsp3) is 0.214. The zero-order chi connectivity index (χ0) is 27.0. The topological polar surface area (TPSA) is 105 Å². The first-order valence-corrected chi connectivity index (χ1v) is 13.2. The average Bonchev–Trinajstić information content (AvgIpc) is 2.90. The number of carbonyl (C=O) groups excluding carboxylic acids is 2. The largest absolute Gasteiger partial charge is 0.490 e. The molecular formula is C28H31N3O5S. The molecule has 0 radical (unpaired) electrons. The number of aryl methyl sites for hydroxylation is 1. The number of hydrogen-bond acceptors (Lipinski definition) is 5. The molecule has 194 valence electrons. The Labute approximate surface area is 218 Å². The number of sulfonamides is 1. The van der Waals surface area contributed by atoms with Crippen LogP contribution >= 0.6 is 0 Å². The predicted molar refractivity (Wildman–Crippen MR) is 144 cm³/mol. The van der Waals surface area contributed by atoms with Gasteiger partial charge in [0.25, 0.3) is 10.0 Å². The first-order chi connectivity index (χ1) is 17.6. The molecule has 0 aliphatic carbocycles. The van der Waals surface area contributed by atoms with Gasteiger partial charge < -0.3 is 15.0 Å². The lowest BCUT2D eigenvalue weighted by atomic mass is 9.92.